The molecule has 0 radical (unpaired) electrons. The number of nitrogens with one attached hydrogen (secondary N) is 1. The first kappa shape index (κ1) is 20.7. The minimum atomic E-state index is -2.90. The maximum absolute atomic E-state index is 14.1. The van der Waals surface area contributed by atoms with Gasteiger partial charge in [0.2, 0.25) is 11.8 Å². The van der Waals surface area contributed by atoms with Gasteiger partial charge < -0.3 is 15.0 Å². The summed E-state index contributed by atoms with van der Waals surface area (Å²) >= 11 is 0. The highest BCUT2D eigenvalue weighted by Gasteiger charge is 2.52. The standard InChI is InChI=1S/C20H27F2N3O3/c1-13-4-5-14(2)15(6-13)8-23-19(27)17-7-20(21,22)12-25(17)16-9-24(10-16)18(26)11-28-3/h4-6,16-17H,7-12H2,1-3H3,(H,23,27)/t17-/m0/s1. The first-order chi connectivity index (χ1) is 13.2. The lowest BCUT2D eigenvalue weighted by Gasteiger charge is -2.45. The molecule has 2 aliphatic heterocycles. The topological polar surface area (TPSA) is 61.9 Å². The van der Waals surface area contributed by atoms with Gasteiger partial charge in [0.25, 0.3) is 5.92 Å². The third kappa shape index (κ3) is 4.50. The van der Waals surface area contributed by atoms with Gasteiger partial charge >= 0.3 is 0 Å². The number of likely N-dealkylation sites (tertiary alicyclic amines) is 2. The fraction of sp³-hybridized carbons (Fsp3) is 0.600. The summed E-state index contributed by atoms with van der Waals surface area (Å²) in [7, 11) is 1.44. The summed E-state index contributed by atoms with van der Waals surface area (Å²) in [6, 6.07) is 4.84. The van der Waals surface area contributed by atoms with Crippen LogP contribution in [0.1, 0.15) is 23.1 Å². The molecular formula is C20H27F2N3O3. The molecule has 2 fully saturated rings. The van der Waals surface area contributed by atoms with Crippen molar-refractivity contribution in [2.45, 2.75) is 44.8 Å². The van der Waals surface area contributed by atoms with Crippen molar-refractivity contribution in [3.05, 3.63) is 34.9 Å². The Labute approximate surface area is 163 Å². The molecule has 0 bridgehead atoms. The third-order valence-electron chi connectivity index (χ3n) is 5.52. The summed E-state index contributed by atoms with van der Waals surface area (Å²) < 4.78 is 32.9. The van der Waals surface area contributed by atoms with Crippen molar-refractivity contribution in [3.63, 3.8) is 0 Å². The largest absolute Gasteiger partial charge is 0.375 e. The molecular weight excluding hydrogens is 368 g/mol. The van der Waals surface area contributed by atoms with Gasteiger partial charge in [0.05, 0.1) is 12.6 Å². The summed E-state index contributed by atoms with van der Waals surface area (Å²) in [6.45, 7) is 4.45. The van der Waals surface area contributed by atoms with Gasteiger partial charge in [-0.2, -0.15) is 0 Å². The van der Waals surface area contributed by atoms with Gasteiger partial charge in [-0.25, -0.2) is 8.78 Å². The Morgan fingerprint density at radius 2 is 2.00 bits per heavy atom. The van der Waals surface area contributed by atoms with Crippen molar-refractivity contribution >= 4 is 11.8 Å². The van der Waals surface area contributed by atoms with E-state index in [1.807, 2.05) is 32.0 Å². The van der Waals surface area contributed by atoms with Crippen LogP contribution >= 0.6 is 0 Å². The van der Waals surface area contributed by atoms with E-state index < -0.39 is 24.9 Å². The number of ether oxygens (including phenoxy) is 1. The zero-order valence-electron chi connectivity index (χ0n) is 16.5. The predicted molar refractivity (Wildman–Crippen MR) is 100 cm³/mol. The number of halogens is 2. The zero-order chi connectivity index (χ0) is 20.5. The van der Waals surface area contributed by atoms with Gasteiger partial charge in [-0.1, -0.05) is 23.8 Å². The second-order valence-corrected chi connectivity index (χ2v) is 7.78. The van der Waals surface area contributed by atoms with Crippen molar-refractivity contribution < 1.29 is 23.1 Å². The fourth-order valence-corrected chi connectivity index (χ4v) is 3.84. The number of amides is 2. The molecule has 0 unspecified atom stereocenters. The number of nitrogens with zero attached hydrogens (tertiary/aromatic N) is 2. The van der Waals surface area contributed by atoms with Crippen LogP contribution < -0.4 is 5.32 Å². The van der Waals surface area contributed by atoms with Crippen LogP contribution in [0.5, 0.6) is 0 Å². The minimum absolute atomic E-state index is 0.0252. The SMILES string of the molecule is COCC(=O)N1CC(N2CC(F)(F)C[C@H]2C(=O)NCc2cc(C)ccc2C)C1. The van der Waals surface area contributed by atoms with Crippen molar-refractivity contribution in [2.75, 3.05) is 33.4 Å². The molecule has 3 rings (SSSR count). The molecule has 0 spiro atoms. The quantitative estimate of drug-likeness (QED) is 0.793. The van der Waals surface area contributed by atoms with Gasteiger partial charge in [-0.15, -0.1) is 0 Å². The molecule has 1 aromatic rings. The first-order valence-corrected chi connectivity index (χ1v) is 9.44. The van der Waals surface area contributed by atoms with E-state index in [1.54, 1.807) is 9.80 Å². The number of methoxy groups -OCH3 is 1. The Hall–Kier alpha value is -2.06. The Bertz CT molecular complexity index is 750. The molecule has 154 valence electrons. The number of aryl methyl sites for hydroxylation is 2. The average molecular weight is 395 g/mol. The van der Waals surface area contributed by atoms with E-state index >= 15 is 0 Å². The molecule has 0 aliphatic carbocycles. The van der Waals surface area contributed by atoms with Crippen LogP contribution in [-0.4, -0.2) is 73.0 Å². The molecule has 1 atom stereocenters. The van der Waals surface area contributed by atoms with E-state index in [9.17, 15) is 18.4 Å². The van der Waals surface area contributed by atoms with E-state index in [0.29, 0.717) is 19.6 Å². The monoisotopic (exact) mass is 395 g/mol. The van der Waals surface area contributed by atoms with Crippen LogP contribution in [0.2, 0.25) is 0 Å². The Morgan fingerprint density at radius 3 is 2.68 bits per heavy atom. The normalized spacial score (nSPS) is 22.2. The Morgan fingerprint density at radius 1 is 1.29 bits per heavy atom. The molecule has 2 saturated heterocycles. The summed E-state index contributed by atoms with van der Waals surface area (Å²) in [6.07, 6.45) is -0.492. The van der Waals surface area contributed by atoms with Crippen molar-refractivity contribution in [2.24, 2.45) is 0 Å². The average Bonchev–Trinajstić information content (AvgIpc) is 2.90. The van der Waals surface area contributed by atoms with Gasteiger partial charge in [-0.3, -0.25) is 14.5 Å². The summed E-state index contributed by atoms with van der Waals surface area (Å²) in [5.41, 5.74) is 3.11. The van der Waals surface area contributed by atoms with Crippen LogP contribution in [0.4, 0.5) is 8.78 Å². The number of rotatable bonds is 6. The summed E-state index contributed by atoms with van der Waals surface area (Å²) in [5.74, 6) is -3.46. The van der Waals surface area contributed by atoms with Gasteiger partial charge in [0.15, 0.2) is 0 Å². The lowest BCUT2D eigenvalue weighted by atomic mass is 10.0. The molecule has 0 saturated carbocycles. The van der Waals surface area contributed by atoms with E-state index in [0.717, 1.165) is 16.7 Å². The third-order valence-corrected chi connectivity index (χ3v) is 5.52. The van der Waals surface area contributed by atoms with E-state index in [-0.39, 0.29) is 24.5 Å². The zero-order valence-corrected chi connectivity index (χ0v) is 16.5. The highest BCUT2D eigenvalue weighted by Crippen LogP contribution is 2.35. The highest BCUT2D eigenvalue weighted by molar-refractivity contribution is 5.82. The number of hydrogen-bond acceptors (Lipinski definition) is 4. The van der Waals surface area contributed by atoms with E-state index in [4.69, 9.17) is 4.74 Å². The van der Waals surface area contributed by atoms with Crippen LogP contribution in [-0.2, 0) is 20.9 Å². The molecule has 2 heterocycles. The maximum Gasteiger partial charge on any atom is 0.262 e. The van der Waals surface area contributed by atoms with Crippen LogP contribution in [0.15, 0.2) is 18.2 Å². The fourth-order valence-electron chi connectivity index (χ4n) is 3.84. The Balaban J connectivity index is 1.61. The molecule has 2 amide bonds. The second-order valence-electron chi connectivity index (χ2n) is 7.78. The number of carbonyl (C=O) groups excluding carboxylic acids is 2. The van der Waals surface area contributed by atoms with Gasteiger partial charge in [-0.05, 0) is 25.0 Å². The number of alkyl halides is 2. The van der Waals surface area contributed by atoms with Gasteiger partial charge in [0.1, 0.15) is 6.61 Å². The molecule has 1 N–H and O–H groups in total. The van der Waals surface area contributed by atoms with Crippen molar-refractivity contribution in [3.8, 4) is 0 Å². The summed E-state index contributed by atoms with van der Waals surface area (Å²) in [5, 5.41) is 2.82. The first-order valence-electron chi connectivity index (χ1n) is 9.44. The molecule has 0 aromatic heterocycles. The summed E-state index contributed by atoms with van der Waals surface area (Å²) in [4.78, 5) is 27.6. The van der Waals surface area contributed by atoms with Crippen LogP contribution in [0.25, 0.3) is 0 Å². The number of carbonyl (C=O) groups is 2. The maximum atomic E-state index is 14.1. The molecule has 28 heavy (non-hydrogen) atoms. The van der Waals surface area contributed by atoms with Crippen LogP contribution in [0.3, 0.4) is 0 Å². The molecule has 8 heteroatoms. The van der Waals surface area contributed by atoms with Crippen LogP contribution in [0, 0.1) is 13.8 Å². The van der Waals surface area contributed by atoms with E-state index in [2.05, 4.69) is 5.32 Å². The molecule has 1 aromatic carbocycles. The Kier molecular flexibility index (Phi) is 6.00. The lowest BCUT2D eigenvalue weighted by Crippen LogP contribution is -2.64. The minimum Gasteiger partial charge on any atom is -0.375 e. The van der Waals surface area contributed by atoms with E-state index in [1.165, 1.54) is 7.11 Å². The molecule has 6 nitrogen and oxygen atoms in total. The second kappa shape index (κ2) is 8.13. The number of hydrogen-bond donors (Lipinski definition) is 1. The smallest absolute Gasteiger partial charge is 0.262 e. The van der Waals surface area contributed by atoms with Crippen molar-refractivity contribution in [1.82, 2.24) is 15.1 Å². The molecule has 2 aliphatic rings. The highest BCUT2D eigenvalue weighted by atomic mass is 19.3. The lowest BCUT2D eigenvalue weighted by molar-refractivity contribution is -0.144. The van der Waals surface area contributed by atoms with Crippen molar-refractivity contribution in [1.29, 1.82) is 0 Å². The van der Waals surface area contributed by atoms with Gasteiger partial charge in [0, 0.05) is 39.2 Å². The number of benzene rings is 1. The predicted octanol–water partition coefficient (Wildman–Crippen LogP) is 1.49.